The van der Waals surface area contributed by atoms with Gasteiger partial charge in [-0.2, -0.15) is 5.10 Å². The van der Waals surface area contributed by atoms with Crippen LogP contribution in [0.15, 0.2) is 67.0 Å². The Morgan fingerprint density at radius 1 is 1.12 bits per heavy atom. The molecule has 134 valence electrons. The van der Waals surface area contributed by atoms with Gasteiger partial charge in [0.15, 0.2) is 0 Å². The van der Waals surface area contributed by atoms with Crippen molar-refractivity contribution < 1.29 is 9.53 Å². The van der Waals surface area contributed by atoms with Crippen LogP contribution >= 0.6 is 0 Å². The van der Waals surface area contributed by atoms with E-state index in [1.165, 1.54) is 0 Å². The van der Waals surface area contributed by atoms with Gasteiger partial charge in [-0.15, -0.1) is 0 Å². The first-order valence-electron chi connectivity index (χ1n) is 8.55. The Labute approximate surface area is 153 Å². The third-order valence-electron chi connectivity index (χ3n) is 3.87. The summed E-state index contributed by atoms with van der Waals surface area (Å²) in [7, 11) is 0. The van der Waals surface area contributed by atoms with Crippen molar-refractivity contribution in [1.82, 2.24) is 9.78 Å². The Hall–Kier alpha value is -3.08. The van der Waals surface area contributed by atoms with E-state index in [-0.39, 0.29) is 11.4 Å². The minimum atomic E-state index is -0.191. The maximum atomic E-state index is 12.5. The maximum Gasteiger partial charge on any atom is 0.255 e. The van der Waals surface area contributed by atoms with Crippen LogP contribution in [-0.2, 0) is 12.1 Å². The molecule has 26 heavy (non-hydrogen) atoms. The Bertz CT molecular complexity index is 880. The molecule has 0 saturated heterocycles. The molecule has 5 nitrogen and oxygen atoms in total. The van der Waals surface area contributed by atoms with Crippen LogP contribution in [0, 0.1) is 0 Å². The molecule has 0 spiro atoms. The number of anilines is 1. The predicted octanol–water partition coefficient (Wildman–Crippen LogP) is 4.47. The second-order valence-corrected chi connectivity index (χ2v) is 7.10. The fourth-order valence-electron chi connectivity index (χ4n) is 2.43. The zero-order valence-corrected chi connectivity index (χ0v) is 15.3. The molecule has 0 radical (unpaired) electrons. The zero-order chi connectivity index (χ0) is 18.6. The molecule has 0 unspecified atom stereocenters. The summed E-state index contributed by atoms with van der Waals surface area (Å²) < 4.78 is 7.61. The summed E-state index contributed by atoms with van der Waals surface area (Å²) in [6.07, 6.45) is 3.48. The number of amides is 1. The molecule has 0 bridgehead atoms. The predicted molar refractivity (Wildman–Crippen MR) is 102 cm³/mol. The van der Waals surface area contributed by atoms with Crippen LogP contribution in [0.25, 0.3) is 0 Å². The highest BCUT2D eigenvalue weighted by molar-refractivity contribution is 6.04. The van der Waals surface area contributed by atoms with Crippen LogP contribution in [0.5, 0.6) is 5.75 Å². The zero-order valence-electron chi connectivity index (χ0n) is 15.3. The Kier molecular flexibility index (Phi) is 5.07. The molecule has 3 rings (SSSR count). The number of benzene rings is 2. The molecule has 0 saturated carbocycles. The van der Waals surface area contributed by atoms with E-state index in [1.807, 2.05) is 53.3 Å². The molecule has 1 aromatic heterocycles. The number of aromatic nitrogens is 2. The number of nitrogens with zero attached hydrogens (tertiary/aromatic N) is 2. The van der Waals surface area contributed by atoms with Gasteiger partial charge in [-0.1, -0.05) is 36.4 Å². The van der Waals surface area contributed by atoms with E-state index >= 15 is 0 Å². The molecule has 0 atom stereocenters. The lowest BCUT2D eigenvalue weighted by molar-refractivity contribution is 0.102. The molecular formula is C21H23N3O2. The molecule has 0 aliphatic heterocycles. The van der Waals surface area contributed by atoms with Crippen LogP contribution in [0.1, 0.15) is 36.7 Å². The van der Waals surface area contributed by atoms with E-state index in [2.05, 4.69) is 31.2 Å². The summed E-state index contributed by atoms with van der Waals surface area (Å²) >= 11 is 0. The third-order valence-corrected chi connectivity index (χ3v) is 3.87. The average Bonchev–Trinajstić information content (AvgIpc) is 3.10. The highest BCUT2D eigenvalue weighted by atomic mass is 16.5. The van der Waals surface area contributed by atoms with Gasteiger partial charge in [-0.25, -0.2) is 0 Å². The third kappa shape index (κ3) is 4.51. The molecule has 0 aliphatic carbocycles. The molecular weight excluding hydrogens is 326 g/mol. The van der Waals surface area contributed by atoms with Gasteiger partial charge in [0.25, 0.3) is 5.91 Å². The van der Waals surface area contributed by atoms with Crippen LogP contribution in [0.3, 0.4) is 0 Å². The molecule has 1 heterocycles. The molecule has 1 amide bonds. The average molecular weight is 349 g/mol. The highest BCUT2D eigenvalue weighted by Crippen LogP contribution is 2.19. The van der Waals surface area contributed by atoms with Crippen LogP contribution in [0.4, 0.5) is 5.69 Å². The summed E-state index contributed by atoms with van der Waals surface area (Å²) in [6.45, 7) is 6.63. The van der Waals surface area contributed by atoms with E-state index in [4.69, 9.17) is 4.74 Å². The Morgan fingerprint density at radius 2 is 1.88 bits per heavy atom. The van der Waals surface area contributed by atoms with Crippen molar-refractivity contribution in [2.45, 2.75) is 32.9 Å². The van der Waals surface area contributed by atoms with Crippen molar-refractivity contribution in [3.8, 4) is 5.75 Å². The van der Waals surface area contributed by atoms with Gasteiger partial charge in [-0.05, 0) is 44.5 Å². The van der Waals surface area contributed by atoms with E-state index in [0.29, 0.717) is 23.6 Å². The Morgan fingerprint density at radius 3 is 2.58 bits per heavy atom. The van der Waals surface area contributed by atoms with Gasteiger partial charge < -0.3 is 10.1 Å². The molecule has 1 N–H and O–H groups in total. The summed E-state index contributed by atoms with van der Waals surface area (Å²) in [6, 6.07) is 17.1. The number of hydrogen-bond donors (Lipinski definition) is 1. The smallest absolute Gasteiger partial charge is 0.255 e. The SMILES string of the molecule is CC(C)(C)n1cc(NC(=O)c2cccc(OCc3ccccc3)c2)cn1. The molecule has 2 aromatic carbocycles. The fraction of sp³-hybridized carbons (Fsp3) is 0.238. The normalized spacial score (nSPS) is 11.2. The summed E-state index contributed by atoms with van der Waals surface area (Å²) in [5, 5.41) is 7.17. The summed E-state index contributed by atoms with van der Waals surface area (Å²) in [5.74, 6) is 0.468. The van der Waals surface area contributed by atoms with Crippen molar-refractivity contribution >= 4 is 11.6 Å². The van der Waals surface area contributed by atoms with Gasteiger partial charge >= 0.3 is 0 Å². The van der Waals surface area contributed by atoms with Crippen molar-refractivity contribution in [3.05, 3.63) is 78.1 Å². The molecule has 0 aliphatic rings. The van der Waals surface area contributed by atoms with Crippen LogP contribution in [-0.4, -0.2) is 15.7 Å². The second kappa shape index (κ2) is 7.44. The monoisotopic (exact) mass is 349 g/mol. The number of ether oxygens (including phenoxy) is 1. The van der Waals surface area contributed by atoms with Gasteiger partial charge in [0.05, 0.1) is 17.4 Å². The summed E-state index contributed by atoms with van der Waals surface area (Å²) in [5.41, 5.74) is 2.16. The van der Waals surface area contributed by atoms with Gasteiger partial charge in [0.2, 0.25) is 0 Å². The highest BCUT2D eigenvalue weighted by Gasteiger charge is 2.15. The van der Waals surface area contributed by atoms with Crippen molar-refractivity contribution in [2.24, 2.45) is 0 Å². The molecule has 0 fully saturated rings. The summed E-state index contributed by atoms with van der Waals surface area (Å²) in [4.78, 5) is 12.5. The second-order valence-electron chi connectivity index (χ2n) is 7.10. The first-order valence-corrected chi connectivity index (χ1v) is 8.55. The van der Waals surface area contributed by atoms with Crippen molar-refractivity contribution in [1.29, 1.82) is 0 Å². The van der Waals surface area contributed by atoms with Crippen LogP contribution < -0.4 is 10.1 Å². The van der Waals surface area contributed by atoms with Gasteiger partial charge in [0.1, 0.15) is 12.4 Å². The van der Waals surface area contributed by atoms with Gasteiger partial charge in [0, 0.05) is 11.8 Å². The number of carbonyl (C=O) groups is 1. The van der Waals surface area contributed by atoms with Crippen LogP contribution in [0.2, 0.25) is 0 Å². The van der Waals surface area contributed by atoms with E-state index in [9.17, 15) is 4.79 Å². The van der Waals surface area contributed by atoms with Crippen molar-refractivity contribution in [2.75, 3.05) is 5.32 Å². The fourth-order valence-corrected chi connectivity index (χ4v) is 2.43. The minimum Gasteiger partial charge on any atom is -0.489 e. The van der Waals surface area contributed by atoms with Crippen molar-refractivity contribution in [3.63, 3.8) is 0 Å². The molecule has 3 aromatic rings. The largest absolute Gasteiger partial charge is 0.489 e. The molecule has 5 heteroatoms. The number of hydrogen-bond acceptors (Lipinski definition) is 3. The maximum absolute atomic E-state index is 12.5. The Balaban J connectivity index is 1.65. The van der Waals surface area contributed by atoms with E-state index < -0.39 is 0 Å². The first kappa shape index (κ1) is 17.7. The van der Waals surface area contributed by atoms with E-state index in [0.717, 1.165) is 5.56 Å². The topological polar surface area (TPSA) is 56.2 Å². The number of carbonyl (C=O) groups excluding carboxylic acids is 1. The standard InChI is InChI=1S/C21H23N3O2/c1-21(2,3)24-14-18(13-22-24)23-20(25)17-10-7-11-19(12-17)26-15-16-8-5-4-6-9-16/h4-14H,15H2,1-3H3,(H,23,25). The quantitative estimate of drug-likeness (QED) is 0.739. The van der Waals surface area contributed by atoms with Gasteiger partial charge in [-0.3, -0.25) is 9.48 Å². The lowest BCUT2D eigenvalue weighted by Crippen LogP contribution is -2.22. The minimum absolute atomic E-state index is 0.131. The number of nitrogens with one attached hydrogen (secondary N) is 1. The van der Waals surface area contributed by atoms with E-state index in [1.54, 1.807) is 18.3 Å². The first-order chi connectivity index (χ1) is 12.4. The lowest BCUT2D eigenvalue weighted by Gasteiger charge is -2.18. The number of rotatable bonds is 5. The lowest BCUT2D eigenvalue weighted by atomic mass is 10.1.